The number of para-hydroxylation sites is 1. The van der Waals surface area contributed by atoms with Crippen molar-refractivity contribution in [1.82, 2.24) is 0 Å². The first-order valence-corrected chi connectivity index (χ1v) is 5.32. The molecule has 90 valence electrons. The van der Waals surface area contributed by atoms with E-state index in [0.29, 0.717) is 11.3 Å². The number of phenolic OH excluding ortho intramolecular Hbond substituents is 1. The molecule has 2 N–H and O–H groups in total. The maximum absolute atomic E-state index is 10.8. The summed E-state index contributed by atoms with van der Waals surface area (Å²) in [6.45, 7) is 0. The van der Waals surface area contributed by atoms with Gasteiger partial charge in [-0.25, -0.2) is 4.79 Å². The van der Waals surface area contributed by atoms with Gasteiger partial charge < -0.3 is 10.2 Å². The molecule has 0 aliphatic carbocycles. The standard InChI is InChI=1S/C14H11NO3/c16-13-7-2-1-4-11(13)9-15-12-6-3-5-10(8-12)14(17)18/h1-9,16H,(H,17,18)/b15-9-. The molecule has 4 nitrogen and oxygen atoms in total. The Bertz CT molecular complexity index is 605. The summed E-state index contributed by atoms with van der Waals surface area (Å²) in [6, 6.07) is 13.1. The maximum atomic E-state index is 10.8. The molecule has 0 aliphatic rings. The second-order valence-electron chi connectivity index (χ2n) is 3.67. The number of carboxylic acid groups (broad SMARTS) is 1. The minimum absolute atomic E-state index is 0.135. The molecule has 0 aliphatic heterocycles. The fourth-order valence-corrected chi connectivity index (χ4v) is 1.46. The van der Waals surface area contributed by atoms with Crippen molar-refractivity contribution in [1.29, 1.82) is 0 Å². The number of benzene rings is 2. The van der Waals surface area contributed by atoms with E-state index in [4.69, 9.17) is 5.11 Å². The number of phenols is 1. The van der Waals surface area contributed by atoms with Crippen LogP contribution >= 0.6 is 0 Å². The highest BCUT2D eigenvalue weighted by Crippen LogP contribution is 2.17. The van der Waals surface area contributed by atoms with Crippen LogP contribution in [0.3, 0.4) is 0 Å². The van der Waals surface area contributed by atoms with Crippen molar-refractivity contribution in [2.24, 2.45) is 4.99 Å². The zero-order valence-corrected chi connectivity index (χ0v) is 9.45. The van der Waals surface area contributed by atoms with E-state index in [-0.39, 0.29) is 11.3 Å². The van der Waals surface area contributed by atoms with Gasteiger partial charge in [-0.2, -0.15) is 0 Å². The average Bonchev–Trinajstić information content (AvgIpc) is 2.38. The van der Waals surface area contributed by atoms with E-state index < -0.39 is 5.97 Å². The minimum atomic E-state index is -0.991. The number of rotatable bonds is 3. The Morgan fingerprint density at radius 3 is 2.61 bits per heavy atom. The van der Waals surface area contributed by atoms with Gasteiger partial charge in [-0.3, -0.25) is 4.99 Å². The molecule has 2 aromatic rings. The second-order valence-corrected chi connectivity index (χ2v) is 3.67. The monoisotopic (exact) mass is 241 g/mol. The van der Waals surface area contributed by atoms with E-state index in [1.165, 1.54) is 18.3 Å². The van der Waals surface area contributed by atoms with Crippen LogP contribution in [0.5, 0.6) is 5.75 Å². The molecular weight excluding hydrogens is 230 g/mol. The number of hydrogen-bond donors (Lipinski definition) is 2. The average molecular weight is 241 g/mol. The Hall–Kier alpha value is -2.62. The van der Waals surface area contributed by atoms with E-state index in [0.717, 1.165) is 0 Å². The van der Waals surface area contributed by atoms with Crippen LogP contribution in [0.4, 0.5) is 5.69 Å². The van der Waals surface area contributed by atoms with Gasteiger partial charge >= 0.3 is 5.97 Å². The normalized spacial score (nSPS) is 10.7. The minimum Gasteiger partial charge on any atom is -0.507 e. The molecule has 0 bridgehead atoms. The van der Waals surface area contributed by atoms with Crippen LogP contribution in [0.25, 0.3) is 0 Å². The predicted octanol–water partition coefficient (Wildman–Crippen LogP) is 2.84. The summed E-state index contributed by atoms with van der Waals surface area (Å²) in [4.78, 5) is 14.9. The van der Waals surface area contributed by atoms with E-state index in [2.05, 4.69) is 4.99 Å². The molecule has 0 heterocycles. The topological polar surface area (TPSA) is 69.9 Å². The Morgan fingerprint density at radius 1 is 1.11 bits per heavy atom. The number of aromatic hydroxyl groups is 1. The molecule has 0 amide bonds. The molecule has 0 unspecified atom stereocenters. The first-order valence-electron chi connectivity index (χ1n) is 5.32. The number of carboxylic acids is 1. The highest BCUT2D eigenvalue weighted by atomic mass is 16.4. The van der Waals surface area contributed by atoms with Crippen LogP contribution in [0.1, 0.15) is 15.9 Å². The molecule has 0 spiro atoms. The largest absolute Gasteiger partial charge is 0.507 e. The lowest BCUT2D eigenvalue weighted by Crippen LogP contribution is -1.94. The molecule has 2 aromatic carbocycles. The summed E-state index contributed by atoms with van der Waals surface area (Å²) in [7, 11) is 0. The second kappa shape index (κ2) is 5.14. The number of nitrogens with zero attached hydrogens (tertiary/aromatic N) is 1. The highest BCUT2D eigenvalue weighted by molar-refractivity contribution is 5.89. The van der Waals surface area contributed by atoms with Crippen LogP contribution in [0, 0.1) is 0 Å². The fraction of sp³-hybridized carbons (Fsp3) is 0. The Kier molecular flexibility index (Phi) is 3.38. The fourth-order valence-electron chi connectivity index (χ4n) is 1.46. The lowest BCUT2D eigenvalue weighted by Gasteiger charge is -1.98. The Balaban J connectivity index is 2.27. The van der Waals surface area contributed by atoms with Gasteiger partial charge in [0.25, 0.3) is 0 Å². The van der Waals surface area contributed by atoms with Gasteiger partial charge in [-0.1, -0.05) is 18.2 Å². The van der Waals surface area contributed by atoms with E-state index >= 15 is 0 Å². The molecule has 0 atom stereocenters. The SMILES string of the molecule is O=C(O)c1cccc(/N=C\c2ccccc2O)c1. The third-order valence-corrected chi connectivity index (χ3v) is 2.38. The number of aliphatic imine (C=N–C) groups is 1. The molecule has 2 rings (SSSR count). The molecule has 4 heteroatoms. The molecule has 0 aromatic heterocycles. The molecular formula is C14H11NO3. The van der Waals surface area contributed by atoms with E-state index in [1.54, 1.807) is 36.4 Å². The van der Waals surface area contributed by atoms with E-state index in [9.17, 15) is 9.90 Å². The van der Waals surface area contributed by atoms with Crippen molar-refractivity contribution >= 4 is 17.9 Å². The highest BCUT2D eigenvalue weighted by Gasteiger charge is 2.02. The summed E-state index contributed by atoms with van der Waals surface area (Å²) in [5, 5.41) is 18.4. The lowest BCUT2D eigenvalue weighted by molar-refractivity contribution is 0.0697. The number of carbonyl (C=O) groups is 1. The van der Waals surface area contributed by atoms with Gasteiger partial charge in [-0.05, 0) is 30.3 Å². The zero-order chi connectivity index (χ0) is 13.0. The molecule has 0 fully saturated rings. The van der Waals surface area contributed by atoms with Gasteiger partial charge in [0.05, 0.1) is 11.3 Å². The van der Waals surface area contributed by atoms with Crippen LogP contribution < -0.4 is 0 Å². The maximum Gasteiger partial charge on any atom is 0.335 e. The Labute approximate surface area is 104 Å². The van der Waals surface area contributed by atoms with Gasteiger partial charge in [0, 0.05) is 11.8 Å². The first-order chi connectivity index (χ1) is 8.66. The predicted molar refractivity (Wildman–Crippen MR) is 68.8 cm³/mol. The van der Waals surface area contributed by atoms with Crippen LogP contribution in [0.15, 0.2) is 53.5 Å². The third kappa shape index (κ3) is 2.74. The Morgan fingerprint density at radius 2 is 1.89 bits per heavy atom. The first kappa shape index (κ1) is 11.9. The van der Waals surface area contributed by atoms with Crippen molar-refractivity contribution in [3.63, 3.8) is 0 Å². The summed E-state index contributed by atoms with van der Waals surface area (Å²) in [5.74, 6) is -0.856. The van der Waals surface area contributed by atoms with Crippen molar-refractivity contribution in [3.8, 4) is 5.75 Å². The molecule has 0 radical (unpaired) electrons. The summed E-state index contributed by atoms with van der Waals surface area (Å²) < 4.78 is 0. The molecule has 0 saturated carbocycles. The van der Waals surface area contributed by atoms with Crippen molar-refractivity contribution in [3.05, 3.63) is 59.7 Å². The van der Waals surface area contributed by atoms with Crippen molar-refractivity contribution in [2.75, 3.05) is 0 Å². The summed E-state index contributed by atoms with van der Waals surface area (Å²) >= 11 is 0. The smallest absolute Gasteiger partial charge is 0.335 e. The van der Waals surface area contributed by atoms with Crippen molar-refractivity contribution in [2.45, 2.75) is 0 Å². The number of aromatic carboxylic acids is 1. The summed E-state index contributed by atoms with van der Waals surface area (Å²) in [5.41, 5.74) is 1.29. The van der Waals surface area contributed by atoms with Gasteiger partial charge in [-0.15, -0.1) is 0 Å². The number of hydrogen-bond acceptors (Lipinski definition) is 3. The third-order valence-electron chi connectivity index (χ3n) is 2.38. The lowest BCUT2D eigenvalue weighted by atomic mass is 10.2. The van der Waals surface area contributed by atoms with Gasteiger partial charge in [0.1, 0.15) is 5.75 Å². The van der Waals surface area contributed by atoms with Crippen LogP contribution in [-0.2, 0) is 0 Å². The molecule has 18 heavy (non-hydrogen) atoms. The van der Waals surface area contributed by atoms with Gasteiger partial charge in [0.15, 0.2) is 0 Å². The zero-order valence-electron chi connectivity index (χ0n) is 9.45. The van der Waals surface area contributed by atoms with Crippen LogP contribution in [-0.4, -0.2) is 22.4 Å². The quantitative estimate of drug-likeness (QED) is 0.812. The van der Waals surface area contributed by atoms with E-state index in [1.807, 2.05) is 0 Å². The summed E-state index contributed by atoms with van der Waals surface area (Å²) in [6.07, 6.45) is 1.50. The molecule has 0 saturated heterocycles. The van der Waals surface area contributed by atoms with Crippen LogP contribution in [0.2, 0.25) is 0 Å². The van der Waals surface area contributed by atoms with Gasteiger partial charge in [0.2, 0.25) is 0 Å². The van der Waals surface area contributed by atoms with Crippen molar-refractivity contribution < 1.29 is 15.0 Å².